The summed E-state index contributed by atoms with van der Waals surface area (Å²) in [5.74, 6) is 0.282. The van der Waals surface area contributed by atoms with E-state index < -0.39 is 11.8 Å². The lowest BCUT2D eigenvalue weighted by Gasteiger charge is -2.33. The minimum atomic E-state index is -0.690. The predicted molar refractivity (Wildman–Crippen MR) is 116 cm³/mol. The molecule has 0 bridgehead atoms. The zero-order valence-corrected chi connectivity index (χ0v) is 17.6. The number of ether oxygens (including phenoxy) is 2. The van der Waals surface area contributed by atoms with E-state index >= 15 is 0 Å². The molecule has 0 saturated carbocycles. The molecule has 0 aliphatic carbocycles. The van der Waals surface area contributed by atoms with Crippen LogP contribution in [0.15, 0.2) is 51.7 Å². The molecule has 3 aromatic rings. The van der Waals surface area contributed by atoms with Crippen LogP contribution in [0, 0.1) is 5.92 Å². The van der Waals surface area contributed by atoms with Gasteiger partial charge in [0.15, 0.2) is 17.1 Å². The number of carbonyl (C=O) groups is 2. The smallest absolute Gasteiger partial charge is 0.420 e. The lowest BCUT2D eigenvalue weighted by atomic mass is 9.95. The van der Waals surface area contributed by atoms with Crippen LogP contribution in [0.1, 0.15) is 25.8 Å². The minimum absolute atomic E-state index is 0.0824. The highest BCUT2D eigenvalue weighted by molar-refractivity contribution is 5.93. The fraction of sp³-hybridized carbons (Fsp3) is 0.348. The van der Waals surface area contributed by atoms with E-state index in [-0.39, 0.29) is 24.5 Å². The number of nitrogens with zero attached hydrogens (tertiary/aromatic N) is 2. The third-order valence-electron chi connectivity index (χ3n) is 6.08. The Kier molecular flexibility index (Phi) is 5.08. The van der Waals surface area contributed by atoms with Gasteiger partial charge in [0.25, 0.3) is 0 Å². The number of hydrogen-bond donors (Lipinski definition) is 1. The van der Waals surface area contributed by atoms with Crippen LogP contribution in [0.3, 0.4) is 0 Å². The second kappa shape index (κ2) is 8.07. The molecule has 9 nitrogen and oxygen atoms in total. The van der Waals surface area contributed by atoms with Gasteiger partial charge in [-0.2, -0.15) is 0 Å². The molecule has 1 unspecified atom stereocenters. The Morgan fingerprint density at radius 1 is 1.06 bits per heavy atom. The van der Waals surface area contributed by atoms with Crippen LogP contribution in [0.4, 0.5) is 5.69 Å². The molecule has 1 saturated heterocycles. The number of fused-ring (bicyclic) bond motifs is 2. The van der Waals surface area contributed by atoms with Crippen LogP contribution >= 0.6 is 0 Å². The first-order valence-corrected chi connectivity index (χ1v) is 10.6. The summed E-state index contributed by atoms with van der Waals surface area (Å²) >= 11 is 0. The van der Waals surface area contributed by atoms with Gasteiger partial charge in [-0.05, 0) is 44.0 Å². The largest absolute Gasteiger partial charge is 0.454 e. The van der Waals surface area contributed by atoms with E-state index in [1.165, 1.54) is 4.57 Å². The van der Waals surface area contributed by atoms with Crippen molar-refractivity contribution in [2.24, 2.45) is 5.92 Å². The maximum Gasteiger partial charge on any atom is 0.420 e. The Labute approximate surface area is 183 Å². The third kappa shape index (κ3) is 3.59. The van der Waals surface area contributed by atoms with E-state index in [0.717, 1.165) is 0 Å². The second-order valence-electron chi connectivity index (χ2n) is 8.04. The van der Waals surface area contributed by atoms with Crippen molar-refractivity contribution in [1.82, 2.24) is 9.47 Å². The monoisotopic (exact) mass is 437 g/mol. The van der Waals surface area contributed by atoms with Crippen molar-refractivity contribution >= 4 is 28.6 Å². The number of piperidine rings is 1. The number of likely N-dealkylation sites (tertiary alicyclic amines) is 1. The number of carbonyl (C=O) groups excluding carboxylic acids is 2. The van der Waals surface area contributed by atoms with Gasteiger partial charge in [-0.15, -0.1) is 0 Å². The molecule has 32 heavy (non-hydrogen) atoms. The summed E-state index contributed by atoms with van der Waals surface area (Å²) in [5, 5.41) is 2.92. The SMILES string of the molecule is CC(C(=O)N1CCC(C(=O)Nc2ccc3c(c2)OCO3)CC1)n1c(=O)oc2ccccc21. The average Bonchev–Trinajstić information content (AvgIpc) is 3.41. The highest BCUT2D eigenvalue weighted by Gasteiger charge is 2.31. The van der Waals surface area contributed by atoms with Crippen LogP contribution in [-0.4, -0.2) is 41.2 Å². The van der Waals surface area contributed by atoms with Gasteiger partial charge < -0.3 is 24.1 Å². The number of hydrogen-bond acceptors (Lipinski definition) is 6. The maximum atomic E-state index is 13.1. The van der Waals surface area contributed by atoms with Gasteiger partial charge in [-0.3, -0.25) is 14.2 Å². The van der Waals surface area contributed by atoms with Crippen molar-refractivity contribution < 1.29 is 23.5 Å². The fourth-order valence-corrected chi connectivity index (χ4v) is 4.31. The minimum Gasteiger partial charge on any atom is -0.454 e. The number of anilines is 1. The summed E-state index contributed by atoms with van der Waals surface area (Å²) < 4.78 is 17.3. The molecule has 3 heterocycles. The van der Waals surface area contributed by atoms with Gasteiger partial charge in [0.1, 0.15) is 6.04 Å². The topological polar surface area (TPSA) is 103 Å². The molecule has 1 aromatic heterocycles. The number of para-hydroxylation sites is 2. The van der Waals surface area contributed by atoms with Crippen molar-refractivity contribution in [3.8, 4) is 11.5 Å². The molecule has 1 fully saturated rings. The molecular weight excluding hydrogens is 414 g/mol. The molecule has 1 atom stereocenters. The van der Waals surface area contributed by atoms with E-state index in [1.54, 1.807) is 54.3 Å². The quantitative estimate of drug-likeness (QED) is 0.673. The van der Waals surface area contributed by atoms with Crippen molar-refractivity contribution in [2.45, 2.75) is 25.8 Å². The van der Waals surface area contributed by atoms with Crippen LogP contribution in [0.25, 0.3) is 11.1 Å². The van der Waals surface area contributed by atoms with Crippen molar-refractivity contribution in [3.63, 3.8) is 0 Å². The molecular formula is C23H23N3O6. The third-order valence-corrected chi connectivity index (χ3v) is 6.08. The molecule has 9 heteroatoms. The van der Waals surface area contributed by atoms with Gasteiger partial charge in [-0.1, -0.05) is 12.1 Å². The number of nitrogens with one attached hydrogen (secondary N) is 1. The normalized spacial score (nSPS) is 16.8. The highest BCUT2D eigenvalue weighted by atomic mass is 16.7. The Hall–Kier alpha value is -3.75. The van der Waals surface area contributed by atoms with Gasteiger partial charge in [0.2, 0.25) is 18.6 Å². The van der Waals surface area contributed by atoms with E-state index in [9.17, 15) is 14.4 Å². The Morgan fingerprint density at radius 2 is 1.81 bits per heavy atom. The zero-order chi connectivity index (χ0) is 22.2. The molecule has 5 rings (SSSR count). The van der Waals surface area contributed by atoms with Crippen molar-refractivity contribution in [3.05, 3.63) is 53.0 Å². The molecule has 0 spiro atoms. The van der Waals surface area contributed by atoms with E-state index in [0.29, 0.717) is 54.2 Å². The van der Waals surface area contributed by atoms with Crippen molar-refractivity contribution in [1.29, 1.82) is 0 Å². The number of rotatable bonds is 4. The first-order valence-electron chi connectivity index (χ1n) is 10.6. The summed E-state index contributed by atoms with van der Waals surface area (Å²) in [6.45, 7) is 2.78. The lowest BCUT2D eigenvalue weighted by molar-refractivity contribution is -0.137. The summed E-state index contributed by atoms with van der Waals surface area (Å²) in [6, 6.07) is 11.6. The van der Waals surface area contributed by atoms with E-state index in [1.807, 2.05) is 0 Å². The second-order valence-corrected chi connectivity index (χ2v) is 8.04. The van der Waals surface area contributed by atoms with Gasteiger partial charge in [0, 0.05) is 30.8 Å². The summed E-state index contributed by atoms with van der Waals surface area (Å²) in [4.78, 5) is 39.8. The molecule has 166 valence electrons. The van der Waals surface area contributed by atoms with Gasteiger partial charge >= 0.3 is 5.76 Å². The summed E-state index contributed by atoms with van der Waals surface area (Å²) in [6.07, 6.45) is 1.10. The first kappa shape index (κ1) is 20.2. The van der Waals surface area contributed by atoms with Crippen LogP contribution in [0.2, 0.25) is 0 Å². The first-order chi connectivity index (χ1) is 15.5. The fourth-order valence-electron chi connectivity index (χ4n) is 4.31. The van der Waals surface area contributed by atoms with Crippen LogP contribution in [-0.2, 0) is 9.59 Å². The number of benzene rings is 2. The Bertz CT molecular complexity index is 1240. The zero-order valence-electron chi connectivity index (χ0n) is 17.6. The summed E-state index contributed by atoms with van der Waals surface area (Å²) in [5.41, 5.74) is 1.70. The Morgan fingerprint density at radius 3 is 2.62 bits per heavy atom. The molecule has 2 aromatic carbocycles. The molecule has 2 amide bonds. The van der Waals surface area contributed by atoms with Crippen molar-refractivity contribution in [2.75, 3.05) is 25.2 Å². The lowest BCUT2D eigenvalue weighted by Crippen LogP contribution is -2.44. The van der Waals surface area contributed by atoms with Gasteiger partial charge in [-0.25, -0.2) is 4.79 Å². The van der Waals surface area contributed by atoms with Crippen LogP contribution in [0.5, 0.6) is 11.5 Å². The van der Waals surface area contributed by atoms with Crippen LogP contribution < -0.4 is 20.5 Å². The molecule has 2 aliphatic rings. The Balaban J connectivity index is 1.21. The molecule has 0 radical (unpaired) electrons. The molecule has 1 N–H and O–H groups in total. The number of oxazole rings is 1. The van der Waals surface area contributed by atoms with E-state index in [4.69, 9.17) is 13.9 Å². The summed E-state index contributed by atoms with van der Waals surface area (Å²) in [7, 11) is 0. The number of aromatic nitrogens is 1. The average molecular weight is 437 g/mol. The maximum absolute atomic E-state index is 13.1. The van der Waals surface area contributed by atoms with E-state index in [2.05, 4.69) is 5.32 Å². The molecule has 2 aliphatic heterocycles. The number of amides is 2. The predicted octanol–water partition coefficient (Wildman–Crippen LogP) is 2.76. The highest BCUT2D eigenvalue weighted by Crippen LogP contribution is 2.34. The van der Waals surface area contributed by atoms with Gasteiger partial charge in [0.05, 0.1) is 5.52 Å². The standard InChI is InChI=1S/C23H23N3O6/c1-14(26-17-4-2-3-5-18(17)32-23(26)29)22(28)25-10-8-15(9-11-25)21(27)24-16-6-7-19-20(12-16)31-13-30-19/h2-7,12,14-15H,8-11,13H2,1H3,(H,24,27).